The summed E-state index contributed by atoms with van der Waals surface area (Å²) in [6.45, 7) is 6.51. The zero-order chi connectivity index (χ0) is 15.0. The molecule has 2 aromatic rings. The summed E-state index contributed by atoms with van der Waals surface area (Å²) >= 11 is 0. The highest BCUT2D eigenvalue weighted by Crippen LogP contribution is 2.40. The van der Waals surface area contributed by atoms with Crippen LogP contribution in [0.3, 0.4) is 0 Å². The van der Waals surface area contributed by atoms with Gasteiger partial charge in [-0.25, -0.2) is 0 Å². The second-order valence-corrected chi connectivity index (χ2v) is 5.82. The molecule has 2 aromatic heterocycles. The summed E-state index contributed by atoms with van der Waals surface area (Å²) in [5.74, 6) is 1.10. The van der Waals surface area contributed by atoms with Crippen LogP contribution in [0.15, 0.2) is 16.7 Å². The Morgan fingerprint density at radius 1 is 1.48 bits per heavy atom. The first-order chi connectivity index (χ1) is 10.0. The molecule has 0 saturated heterocycles. The molecule has 6 nitrogen and oxygen atoms in total. The Balaban J connectivity index is 1.58. The summed E-state index contributed by atoms with van der Waals surface area (Å²) in [5.41, 5.74) is 2.43. The zero-order valence-corrected chi connectivity index (χ0v) is 12.6. The van der Waals surface area contributed by atoms with Gasteiger partial charge in [0.15, 0.2) is 5.69 Å². The van der Waals surface area contributed by atoms with Gasteiger partial charge in [-0.1, -0.05) is 5.16 Å². The average molecular weight is 288 g/mol. The molecule has 0 bridgehead atoms. The van der Waals surface area contributed by atoms with Gasteiger partial charge >= 0.3 is 0 Å². The van der Waals surface area contributed by atoms with Crippen LogP contribution in [0.1, 0.15) is 59.4 Å². The van der Waals surface area contributed by atoms with Gasteiger partial charge in [-0.3, -0.25) is 9.48 Å². The topological polar surface area (TPSA) is 73.0 Å². The predicted molar refractivity (Wildman–Crippen MR) is 77.2 cm³/mol. The number of amides is 1. The van der Waals surface area contributed by atoms with E-state index in [1.165, 1.54) is 0 Å². The summed E-state index contributed by atoms with van der Waals surface area (Å²) in [6.07, 6.45) is 2.26. The van der Waals surface area contributed by atoms with Crippen LogP contribution < -0.4 is 5.32 Å². The molecule has 0 unspecified atom stereocenters. The van der Waals surface area contributed by atoms with Gasteiger partial charge in [-0.15, -0.1) is 0 Å². The molecule has 3 rings (SSSR count). The molecule has 112 valence electrons. The molecule has 21 heavy (non-hydrogen) atoms. The average Bonchev–Trinajstić information content (AvgIpc) is 3.08. The van der Waals surface area contributed by atoms with E-state index in [1.54, 1.807) is 6.07 Å². The van der Waals surface area contributed by atoms with Crippen molar-refractivity contribution in [2.45, 2.75) is 45.6 Å². The minimum absolute atomic E-state index is 0.0949. The lowest BCUT2D eigenvalue weighted by Gasteiger charge is -2.14. The van der Waals surface area contributed by atoms with Gasteiger partial charge < -0.3 is 9.84 Å². The van der Waals surface area contributed by atoms with E-state index in [0.717, 1.165) is 30.0 Å². The summed E-state index contributed by atoms with van der Waals surface area (Å²) in [7, 11) is 0. The highest BCUT2D eigenvalue weighted by atomic mass is 16.5. The van der Waals surface area contributed by atoms with Gasteiger partial charge in [0.1, 0.15) is 5.76 Å². The van der Waals surface area contributed by atoms with E-state index in [4.69, 9.17) is 4.52 Å². The molecule has 0 aliphatic heterocycles. The molecule has 0 aromatic carbocycles. The highest BCUT2D eigenvalue weighted by molar-refractivity contribution is 5.92. The fourth-order valence-electron chi connectivity index (χ4n) is 2.47. The first kappa shape index (κ1) is 13.9. The Labute approximate surface area is 123 Å². The Morgan fingerprint density at radius 3 is 2.86 bits per heavy atom. The fraction of sp³-hybridized carbons (Fsp3) is 0.533. The minimum atomic E-state index is -0.195. The lowest BCUT2D eigenvalue weighted by atomic mass is 10.2. The van der Waals surface area contributed by atoms with Crippen LogP contribution >= 0.6 is 0 Å². The van der Waals surface area contributed by atoms with Crippen LogP contribution in [0.2, 0.25) is 0 Å². The number of carbonyl (C=O) groups excluding carboxylic acids is 1. The Hall–Kier alpha value is -2.11. The maximum absolute atomic E-state index is 12.1. The molecule has 6 heteroatoms. The zero-order valence-electron chi connectivity index (χ0n) is 12.6. The van der Waals surface area contributed by atoms with Crippen molar-refractivity contribution in [1.82, 2.24) is 20.3 Å². The van der Waals surface area contributed by atoms with Crippen molar-refractivity contribution in [1.29, 1.82) is 0 Å². The molecule has 1 N–H and O–H groups in total. The maximum Gasteiger partial charge on any atom is 0.273 e. The van der Waals surface area contributed by atoms with Crippen molar-refractivity contribution < 1.29 is 9.32 Å². The molecule has 1 atom stereocenters. The third kappa shape index (κ3) is 2.99. The van der Waals surface area contributed by atoms with Gasteiger partial charge in [0, 0.05) is 24.2 Å². The molecule has 2 heterocycles. The predicted octanol–water partition coefficient (Wildman–Crippen LogP) is 2.36. The second kappa shape index (κ2) is 5.35. The van der Waals surface area contributed by atoms with Crippen molar-refractivity contribution >= 4 is 5.91 Å². The van der Waals surface area contributed by atoms with Gasteiger partial charge in [0.25, 0.3) is 5.91 Å². The molecule has 1 saturated carbocycles. The van der Waals surface area contributed by atoms with Crippen molar-refractivity contribution in [3.8, 4) is 0 Å². The number of nitrogens with one attached hydrogen (secondary N) is 1. The monoisotopic (exact) mass is 288 g/mol. The Bertz CT molecular complexity index is 654. The van der Waals surface area contributed by atoms with Crippen LogP contribution in [0.4, 0.5) is 0 Å². The largest absolute Gasteiger partial charge is 0.360 e. The molecular weight excluding hydrogens is 268 g/mol. The van der Waals surface area contributed by atoms with Crippen molar-refractivity contribution in [3.63, 3.8) is 0 Å². The van der Waals surface area contributed by atoms with E-state index in [-0.39, 0.29) is 11.9 Å². The first-order valence-corrected chi connectivity index (χ1v) is 7.32. The summed E-state index contributed by atoms with van der Waals surface area (Å²) in [5, 5.41) is 11.2. The maximum atomic E-state index is 12.1. The summed E-state index contributed by atoms with van der Waals surface area (Å²) in [6, 6.07) is 3.87. The van der Waals surface area contributed by atoms with Crippen LogP contribution in [0, 0.1) is 13.8 Å². The van der Waals surface area contributed by atoms with Gasteiger partial charge in [0.05, 0.1) is 11.7 Å². The first-order valence-electron chi connectivity index (χ1n) is 7.32. The lowest BCUT2D eigenvalue weighted by Crippen LogP contribution is -2.30. The van der Waals surface area contributed by atoms with Gasteiger partial charge in [0.2, 0.25) is 0 Å². The number of aromatic nitrogens is 3. The lowest BCUT2D eigenvalue weighted by molar-refractivity contribution is 0.0938. The summed E-state index contributed by atoms with van der Waals surface area (Å²) in [4.78, 5) is 12.1. The van der Waals surface area contributed by atoms with Gasteiger partial charge in [-0.05, 0) is 39.7 Å². The quantitative estimate of drug-likeness (QED) is 0.916. The smallest absolute Gasteiger partial charge is 0.273 e. The van der Waals surface area contributed by atoms with Crippen LogP contribution in [0.5, 0.6) is 0 Å². The number of carbonyl (C=O) groups is 1. The van der Waals surface area contributed by atoms with Crippen LogP contribution in [-0.2, 0) is 0 Å². The SMILES string of the molecule is Cc1cc(C)n([C@@H](C)CNC(=O)c2cc(C3CC3)on2)n1. The van der Waals surface area contributed by atoms with Crippen LogP contribution in [0.25, 0.3) is 0 Å². The molecule has 1 fully saturated rings. The number of nitrogens with zero attached hydrogens (tertiary/aromatic N) is 3. The van der Waals surface area contributed by atoms with Crippen molar-refractivity contribution in [2.75, 3.05) is 6.54 Å². The third-order valence-corrected chi connectivity index (χ3v) is 3.76. The number of aryl methyl sites for hydroxylation is 2. The van der Waals surface area contributed by atoms with Crippen molar-refractivity contribution in [2.24, 2.45) is 0 Å². The third-order valence-electron chi connectivity index (χ3n) is 3.76. The van der Waals surface area contributed by atoms with Gasteiger partial charge in [-0.2, -0.15) is 5.10 Å². The standard InChI is InChI=1S/C15H20N4O2/c1-9-6-10(2)19(17-9)11(3)8-16-15(20)13-7-14(21-18-13)12-4-5-12/h6-7,11-12H,4-5,8H2,1-3H3,(H,16,20)/t11-/m0/s1. The molecule has 1 aliphatic rings. The highest BCUT2D eigenvalue weighted by Gasteiger charge is 2.28. The number of hydrogen-bond donors (Lipinski definition) is 1. The van der Waals surface area contributed by atoms with E-state index >= 15 is 0 Å². The molecule has 1 amide bonds. The van der Waals surface area contributed by atoms with E-state index < -0.39 is 0 Å². The fourth-order valence-corrected chi connectivity index (χ4v) is 2.47. The summed E-state index contributed by atoms with van der Waals surface area (Å²) < 4.78 is 7.12. The molecule has 1 aliphatic carbocycles. The van der Waals surface area contributed by atoms with E-state index in [1.807, 2.05) is 31.5 Å². The van der Waals surface area contributed by atoms with Crippen LogP contribution in [-0.4, -0.2) is 27.4 Å². The van der Waals surface area contributed by atoms with E-state index in [9.17, 15) is 4.79 Å². The Morgan fingerprint density at radius 2 is 2.24 bits per heavy atom. The van der Waals surface area contributed by atoms with E-state index in [2.05, 4.69) is 15.6 Å². The second-order valence-electron chi connectivity index (χ2n) is 5.82. The number of rotatable bonds is 5. The van der Waals surface area contributed by atoms with E-state index in [0.29, 0.717) is 18.2 Å². The normalized spacial score (nSPS) is 16.0. The molecule has 0 spiro atoms. The Kier molecular flexibility index (Phi) is 3.53. The van der Waals surface area contributed by atoms with Crippen molar-refractivity contribution in [3.05, 3.63) is 35.0 Å². The minimum Gasteiger partial charge on any atom is -0.360 e. The molecule has 0 radical (unpaired) electrons. The number of hydrogen-bond acceptors (Lipinski definition) is 4. The molecular formula is C15H20N4O2.